The fourth-order valence-electron chi connectivity index (χ4n) is 3.18. The fourth-order valence-corrected chi connectivity index (χ4v) is 3.18. The number of aromatic amines is 2. The molecular weight excluding hydrogens is 342 g/mol. The van der Waals surface area contributed by atoms with Gasteiger partial charge in [0, 0.05) is 22.1 Å². The van der Waals surface area contributed by atoms with E-state index >= 15 is 0 Å². The van der Waals surface area contributed by atoms with Crippen LogP contribution < -0.4 is 0 Å². The summed E-state index contributed by atoms with van der Waals surface area (Å²) in [5.74, 6) is 0. The predicted molar refractivity (Wildman–Crippen MR) is 106 cm³/mol. The highest BCUT2D eigenvalue weighted by atomic mass is 16.6. The van der Waals surface area contributed by atoms with E-state index in [2.05, 4.69) is 19.9 Å². The smallest absolute Gasteiger partial charge is 0.320 e. The van der Waals surface area contributed by atoms with Gasteiger partial charge in [-0.15, -0.1) is 0 Å². The molecule has 0 aromatic carbocycles. The van der Waals surface area contributed by atoms with Crippen LogP contribution in [0.25, 0.3) is 46.4 Å². The molecule has 5 heterocycles. The Morgan fingerprint density at radius 2 is 1.15 bits per heavy atom. The molecule has 7 heteroatoms. The van der Waals surface area contributed by atoms with Gasteiger partial charge in [0.1, 0.15) is 11.4 Å². The molecule has 0 aliphatic carbocycles. The zero-order chi connectivity index (χ0) is 18.4. The Bertz CT molecular complexity index is 1220. The van der Waals surface area contributed by atoms with Gasteiger partial charge in [-0.1, -0.05) is 0 Å². The second kappa shape index (κ2) is 5.77. The molecule has 27 heavy (non-hydrogen) atoms. The summed E-state index contributed by atoms with van der Waals surface area (Å²) >= 11 is 0. The lowest BCUT2D eigenvalue weighted by Gasteiger charge is -1.93. The quantitative estimate of drug-likeness (QED) is 0.340. The summed E-state index contributed by atoms with van der Waals surface area (Å²) in [6.07, 6.45) is 6.81. The maximum atomic E-state index is 11.7. The predicted octanol–water partition coefficient (Wildman–Crippen LogP) is 4.56. The monoisotopic (exact) mass is 355 g/mol. The molecule has 2 N–H and O–H groups in total. The fraction of sp³-hybridized carbons (Fsp3) is 0. The number of rotatable bonds is 1. The van der Waals surface area contributed by atoms with Crippen LogP contribution in [0.4, 0.5) is 5.69 Å². The van der Waals surface area contributed by atoms with Gasteiger partial charge in [0.05, 0.1) is 16.3 Å². The molecule has 8 bridgehead atoms. The van der Waals surface area contributed by atoms with Gasteiger partial charge in [0.15, 0.2) is 0 Å². The van der Waals surface area contributed by atoms with E-state index < -0.39 is 4.92 Å². The van der Waals surface area contributed by atoms with Crippen molar-refractivity contribution in [1.82, 2.24) is 19.9 Å². The van der Waals surface area contributed by atoms with Gasteiger partial charge < -0.3 is 9.97 Å². The van der Waals surface area contributed by atoms with E-state index in [1.54, 1.807) is 24.3 Å². The molecule has 0 spiro atoms. The SMILES string of the molecule is O=[N+]([O-])c1c2nc(cc3ccc(cc4ccc(cc5nc1C=C5)[nH]4)[nH]3)C=C2. The first kappa shape index (κ1) is 15.3. The standard InChI is InChI=1S/C20H13N5O2/c26-25(27)20-18-7-5-16(23-18)10-14-3-1-12(21-14)9-13-2-4-15(22-13)11-17-6-8-19(20)24-17/h1-11,21-22H. The number of hydrogen-bond donors (Lipinski definition) is 2. The molecule has 0 fully saturated rings. The minimum absolute atomic E-state index is 0.103. The maximum absolute atomic E-state index is 11.7. The van der Waals surface area contributed by atoms with Crippen LogP contribution in [0.2, 0.25) is 0 Å². The van der Waals surface area contributed by atoms with Crippen LogP contribution in [0, 0.1) is 10.1 Å². The van der Waals surface area contributed by atoms with Crippen LogP contribution in [0.1, 0.15) is 22.8 Å². The molecule has 0 saturated carbocycles. The van der Waals surface area contributed by atoms with Crippen molar-refractivity contribution in [3.8, 4) is 0 Å². The van der Waals surface area contributed by atoms with Crippen molar-refractivity contribution in [2.45, 2.75) is 0 Å². The third-order valence-corrected chi connectivity index (χ3v) is 4.37. The Labute approximate surface area is 152 Å². The van der Waals surface area contributed by atoms with E-state index in [0.717, 1.165) is 22.1 Å². The van der Waals surface area contributed by atoms with Crippen LogP contribution in [-0.4, -0.2) is 24.9 Å². The molecule has 0 saturated heterocycles. The molecule has 5 rings (SSSR count). The van der Waals surface area contributed by atoms with E-state index in [0.29, 0.717) is 22.8 Å². The normalized spacial score (nSPS) is 12.4. The summed E-state index contributed by atoms with van der Waals surface area (Å²) in [4.78, 5) is 26.6. The van der Waals surface area contributed by atoms with Crippen LogP contribution >= 0.6 is 0 Å². The molecule has 0 radical (unpaired) electrons. The van der Waals surface area contributed by atoms with Gasteiger partial charge in [-0.05, 0) is 66.8 Å². The minimum Gasteiger partial charge on any atom is -0.355 e. The van der Waals surface area contributed by atoms with Gasteiger partial charge in [0.2, 0.25) is 0 Å². The summed E-state index contributed by atoms with van der Waals surface area (Å²) in [5, 5.41) is 11.7. The first-order valence-corrected chi connectivity index (χ1v) is 8.36. The summed E-state index contributed by atoms with van der Waals surface area (Å²) in [6.45, 7) is 0. The number of H-pyrrole nitrogens is 2. The van der Waals surface area contributed by atoms with Gasteiger partial charge in [-0.3, -0.25) is 10.1 Å². The van der Waals surface area contributed by atoms with E-state index in [9.17, 15) is 10.1 Å². The van der Waals surface area contributed by atoms with E-state index in [4.69, 9.17) is 0 Å². The largest absolute Gasteiger partial charge is 0.355 e. The number of nitro groups is 1. The summed E-state index contributed by atoms with van der Waals surface area (Å²) in [6, 6.07) is 13.5. The van der Waals surface area contributed by atoms with Gasteiger partial charge in [-0.2, -0.15) is 0 Å². The Balaban J connectivity index is 1.90. The van der Waals surface area contributed by atoms with Gasteiger partial charge in [0.25, 0.3) is 0 Å². The van der Waals surface area contributed by atoms with Crippen LogP contribution in [0.5, 0.6) is 0 Å². The molecule has 0 amide bonds. The highest BCUT2D eigenvalue weighted by Gasteiger charge is 2.21. The van der Waals surface area contributed by atoms with Crippen molar-refractivity contribution in [2.75, 3.05) is 0 Å². The maximum Gasteiger partial charge on any atom is 0.320 e. The molecule has 3 aromatic rings. The van der Waals surface area contributed by atoms with Crippen molar-refractivity contribution < 1.29 is 4.92 Å². The Morgan fingerprint density at radius 3 is 1.59 bits per heavy atom. The van der Waals surface area contributed by atoms with Crippen LogP contribution in [-0.2, 0) is 0 Å². The highest BCUT2D eigenvalue weighted by molar-refractivity contribution is 5.83. The van der Waals surface area contributed by atoms with Gasteiger partial charge in [-0.25, -0.2) is 9.97 Å². The number of aromatic nitrogens is 4. The highest BCUT2D eigenvalue weighted by Crippen LogP contribution is 2.27. The number of fused-ring (bicyclic) bond motifs is 8. The second-order valence-corrected chi connectivity index (χ2v) is 6.29. The first-order chi connectivity index (χ1) is 13.1. The summed E-state index contributed by atoms with van der Waals surface area (Å²) < 4.78 is 0. The van der Waals surface area contributed by atoms with Crippen LogP contribution in [0.15, 0.2) is 42.5 Å². The summed E-state index contributed by atoms with van der Waals surface area (Å²) in [5.41, 5.74) is 5.40. The molecule has 2 aliphatic heterocycles. The molecular formula is C20H13N5O2. The Hall–Kier alpha value is -4.00. The zero-order valence-corrected chi connectivity index (χ0v) is 14.0. The number of hydrogen-bond acceptors (Lipinski definition) is 4. The molecule has 0 unspecified atom stereocenters. The lowest BCUT2D eigenvalue weighted by Crippen LogP contribution is -1.94. The average molecular weight is 355 g/mol. The van der Waals surface area contributed by atoms with Crippen molar-refractivity contribution in [1.29, 1.82) is 0 Å². The molecule has 0 atom stereocenters. The molecule has 130 valence electrons. The lowest BCUT2D eigenvalue weighted by molar-refractivity contribution is -0.385. The summed E-state index contributed by atoms with van der Waals surface area (Å²) in [7, 11) is 0. The lowest BCUT2D eigenvalue weighted by atomic mass is 10.2. The molecule has 7 nitrogen and oxygen atoms in total. The van der Waals surface area contributed by atoms with Crippen molar-refractivity contribution in [3.63, 3.8) is 0 Å². The van der Waals surface area contributed by atoms with E-state index in [-0.39, 0.29) is 5.69 Å². The van der Waals surface area contributed by atoms with E-state index in [1.165, 1.54) is 0 Å². The Morgan fingerprint density at radius 1 is 0.704 bits per heavy atom. The van der Waals surface area contributed by atoms with Crippen molar-refractivity contribution >= 4 is 52.1 Å². The molecule has 2 aliphatic rings. The number of nitrogens with zero attached hydrogens (tertiary/aromatic N) is 3. The van der Waals surface area contributed by atoms with Crippen molar-refractivity contribution in [3.05, 3.63) is 75.4 Å². The molecule has 3 aromatic heterocycles. The third kappa shape index (κ3) is 2.81. The zero-order valence-electron chi connectivity index (χ0n) is 14.0. The minimum atomic E-state index is -0.435. The van der Waals surface area contributed by atoms with Gasteiger partial charge >= 0.3 is 5.69 Å². The number of nitrogens with one attached hydrogen (secondary N) is 2. The van der Waals surface area contributed by atoms with E-state index in [1.807, 2.05) is 42.5 Å². The first-order valence-electron chi connectivity index (χ1n) is 8.36. The Kier molecular flexibility index (Phi) is 3.26. The average Bonchev–Trinajstić information content (AvgIpc) is 3.39. The van der Waals surface area contributed by atoms with Crippen molar-refractivity contribution in [2.24, 2.45) is 0 Å². The topological polar surface area (TPSA) is 100 Å². The third-order valence-electron chi connectivity index (χ3n) is 4.37. The van der Waals surface area contributed by atoms with Crippen LogP contribution in [0.3, 0.4) is 0 Å². The second-order valence-electron chi connectivity index (χ2n) is 6.29.